The van der Waals surface area contributed by atoms with Gasteiger partial charge in [-0.15, -0.1) is 0 Å². The van der Waals surface area contributed by atoms with E-state index in [1.165, 1.54) is 0 Å². The Morgan fingerprint density at radius 1 is 1.10 bits per heavy atom. The molecule has 0 fully saturated rings. The van der Waals surface area contributed by atoms with Crippen molar-refractivity contribution in [2.24, 2.45) is 0 Å². The van der Waals surface area contributed by atoms with Crippen molar-refractivity contribution in [2.45, 2.75) is 39.9 Å². The third kappa shape index (κ3) is 5.94. The summed E-state index contributed by atoms with van der Waals surface area (Å²) < 4.78 is 16.7. The Labute approximate surface area is 177 Å². The van der Waals surface area contributed by atoms with E-state index in [1.54, 1.807) is 24.3 Å². The van der Waals surface area contributed by atoms with Crippen LogP contribution in [0.1, 0.15) is 52.4 Å². The number of nitrogens with one attached hydrogen (secondary N) is 1. The first-order chi connectivity index (χ1) is 14.5. The van der Waals surface area contributed by atoms with Crippen LogP contribution in [0.2, 0.25) is 0 Å². The number of aryl methyl sites for hydroxylation is 2. The maximum atomic E-state index is 12.3. The summed E-state index contributed by atoms with van der Waals surface area (Å²) in [4.78, 5) is 12.3. The molecule has 0 aliphatic rings. The van der Waals surface area contributed by atoms with Crippen molar-refractivity contribution in [3.05, 3.63) is 82.7 Å². The highest BCUT2D eigenvalue weighted by Gasteiger charge is 2.10. The summed E-state index contributed by atoms with van der Waals surface area (Å²) >= 11 is 0. The average molecular weight is 408 g/mol. The van der Waals surface area contributed by atoms with E-state index in [9.17, 15) is 4.79 Å². The first-order valence-corrected chi connectivity index (χ1v) is 10.1. The summed E-state index contributed by atoms with van der Waals surface area (Å²) in [5, 5.41) is 6.84. The van der Waals surface area contributed by atoms with Crippen LogP contribution >= 0.6 is 0 Å². The minimum atomic E-state index is -0.108. The number of nitrogens with zero attached hydrogens (tertiary/aromatic N) is 1. The van der Waals surface area contributed by atoms with Crippen LogP contribution in [-0.2, 0) is 11.3 Å². The molecule has 0 spiro atoms. The first-order valence-electron chi connectivity index (χ1n) is 10.1. The lowest BCUT2D eigenvalue weighted by molar-refractivity contribution is 0.0635. The van der Waals surface area contributed by atoms with Gasteiger partial charge in [0.1, 0.15) is 18.1 Å². The van der Waals surface area contributed by atoms with E-state index < -0.39 is 0 Å². The lowest BCUT2D eigenvalue weighted by Crippen LogP contribution is -2.25. The highest BCUT2D eigenvalue weighted by molar-refractivity contribution is 5.94. The van der Waals surface area contributed by atoms with Gasteiger partial charge in [-0.3, -0.25) is 4.79 Å². The Morgan fingerprint density at radius 3 is 2.50 bits per heavy atom. The predicted molar refractivity (Wildman–Crippen MR) is 115 cm³/mol. The van der Waals surface area contributed by atoms with E-state index in [-0.39, 0.29) is 12.0 Å². The molecule has 1 heterocycles. The van der Waals surface area contributed by atoms with Crippen molar-refractivity contribution >= 4 is 5.91 Å². The summed E-state index contributed by atoms with van der Waals surface area (Å²) in [5.41, 5.74) is 3.52. The van der Waals surface area contributed by atoms with E-state index in [2.05, 4.69) is 10.5 Å². The molecule has 0 bridgehead atoms. The van der Waals surface area contributed by atoms with Crippen LogP contribution in [0.5, 0.6) is 5.75 Å². The highest BCUT2D eigenvalue weighted by atomic mass is 16.5. The monoisotopic (exact) mass is 408 g/mol. The van der Waals surface area contributed by atoms with Crippen molar-refractivity contribution in [3.63, 3.8) is 0 Å². The zero-order valence-electron chi connectivity index (χ0n) is 17.7. The molecule has 0 radical (unpaired) electrons. The van der Waals surface area contributed by atoms with Gasteiger partial charge in [0.2, 0.25) is 0 Å². The molecule has 2 aromatic carbocycles. The van der Waals surface area contributed by atoms with E-state index in [4.69, 9.17) is 14.0 Å². The maximum absolute atomic E-state index is 12.3. The van der Waals surface area contributed by atoms with Gasteiger partial charge in [0.05, 0.1) is 17.4 Å². The zero-order chi connectivity index (χ0) is 21.3. The molecule has 0 aliphatic heterocycles. The molecular weight excluding hydrogens is 380 g/mol. The lowest BCUT2D eigenvalue weighted by atomic mass is 10.1. The van der Waals surface area contributed by atoms with Crippen LogP contribution < -0.4 is 10.1 Å². The summed E-state index contributed by atoms with van der Waals surface area (Å²) in [6.45, 7) is 7.31. The minimum Gasteiger partial charge on any atom is -0.489 e. The Bertz CT molecular complexity index is 916. The Hall–Kier alpha value is -3.12. The van der Waals surface area contributed by atoms with Gasteiger partial charge in [-0.2, -0.15) is 0 Å². The third-order valence-corrected chi connectivity index (χ3v) is 4.92. The SMILES string of the molecule is Cc1noc(C)c1COc1ccc(C(=O)NCCCOC(C)c2ccccc2)cc1. The molecule has 158 valence electrons. The molecule has 0 aliphatic carbocycles. The van der Waals surface area contributed by atoms with E-state index in [0.29, 0.717) is 31.1 Å². The van der Waals surface area contributed by atoms with E-state index in [0.717, 1.165) is 29.0 Å². The third-order valence-electron chi connectivity index (χ3n) is 4.92. The summed E-state index contributed by atoms with van der Waals surface area (Å²) in [6.07, 6.45) is 0.793. The molecular formula is C24H28N2O4. The molecule has 0 saturated carbocycles. The maximum Gasteiger partial charge on any atom is 0.251 e. The van der Waals surface area contributed by atoms with Crippen LogP contribution in [0.4, 0.5) is 0 Å². The molecule has 1 N–H and O–H groups in total. The Morgan fingerprint density at radius 2 is 1.83 bits per heavy atom. The van der Waals surface area contributed by atoms with E-state index >= 15 is 0 Å². The van der Waals surface area contributed by atoms with Crippen molar-refractivity contribution in [1.82, 2.24) is 10.5 Å². The first kappa shape index (κ1) is 21.6. The number of aromatic nitrogens is 1. The van der Waals surface area contributed by atoms with Gasteiger partial charge < -0.3 is 19.3 Å². The normalized spacial score (nSPS) is 11.8. The number of rotatable bonds is 10. The quantitative estimate of drug-likeness (QED) is 0.489. The summed E-state index contributed by atoms with van der Waals surface area (Å²) in [6, 6.07) is 17.2. The number of ether oxygens (including phenoxy) is 2. The number of benzene rings is 2. The van der Waals surface area contributed by atoms with Gasteiger partial charge in [-0.05, 0) is 57.0 Å². The van der Waals surface area contributed by atoms with Crippen LogP contribution in [0.25, 0.3) is 0 Å². The molecule has 3 aromatic rings. The number of hydrogen-bond donors (Lipinski definition) is 1. The highest BCUT2D eigenvalue weighted by Crippen LogP contribution is 2.18. The fourth-order valence-electron chi connectivity index (χ4n) is 3.02. The van der Waals surface area contributed by atoms with Gasteiger partial charge >= 0.3 is 0 Å². The largest absolute Gasteiger partial charge is 0.489 e. The van der Waals surface area contributed by atoms with Gasteiger partial charge in [0.15, 0.2) is 0 Å². The molecule has 30 heavy (non-hydrogen) atoms. The smallest absolute Gasteiger partial charge is 0.251 e. The number of hydrogen-bond acceptors (Lipinski definition) is 5. The summed E-state index contributed by atoms with van der Waals surface area (Å²) in [5.74, 6) is 1.34. The van der Waals surface area contributed by atoms with E-state index in [1.807, 2.05) is 51.1 Å². The van der Waals surface area contributed by atoms with Crippen molar-refractivity contribution in [2.75, 3.05) is 13.2 Å². The summed E-state index contributed by atoms with van der Waals surface area (Å²) in [7, 11) is 0. The number of carbonyl (C=O) groups is 1. The second kappa shape index (κ2) is 10.6. The van der Waals surface area contributed by atoms with Crippen molar-refractivity contribution in [3.8, 4) is 5.75 Å². The van der Waals surface area contributed by atoms with Gasteiger partial charge in [-0.1, -0.05) is 35.5 Å². The Balaban J connectivity index is 1.37. The van der Waals surface area contributed by atoms with Gasteiger partial charge in [-0.25, -0.2) is 0 Å². The standard InChI is InChI=1S/C24H28N2O4/c1-17-23(19(3)30-26-17)16-29-22-12-10-21(11-13-22)24(27)25-14-7-15-28-18(2)20-8-5-4-6-9-20/h4-6,8-13,18H,7,14-16H2,1-3H3,(H,25,27). The molecule has 1 aromatic heterocycles. The average Bonchev–Trinajstić information content (AvgIpc) is 3.10. The second-order valence-corrected chi connectivity index (χ2v) is 7.15. The van der Waals surface area contributed by atoms with Gasteiger partial charge in [0.25, 0.3) is 5.91 Å². The Kier molecular flexibility index (Phi) is 7.63. The van der Waals surface area contributed by atoms with Crippen LogP contribution in [0, 0.1) is 13.8 Å². The lowest BCUT2D eigenvalue weighted by Gasteiger charge is -2.13. The molecule has 3 rings (SSSR count). The molecule has 1 unspecified atom stereocenters. The van der Waals surface area contributed by atoms with Crippen LogP contribution in [0.15, 0.2) is 59.1 Å². The second-order valence-electron chi connectivity index (χ2n) is 7.15. The number of amides is 1. The molecule has 6 nitrogen and oxygen atoms in total. The van der Waals surface area contributed by atoms with Gasteiger partial charge in [0, 0.05) is 18.7 Å². The zero-order valence-corrected chi connectivity index (χ0v) is 17.7. The molecule has 1 amide bonds. The van der Waals surface area contributed by atoms with Crippen molar-refractivity contribution < 1.29 is 18.8 Å². The topological polar surface area (TPSA) is 73.6 Å². The fourth-order valence-corrected chi connectivity index (χ4v) is 3.02. The van der Waals surface area contributed by atoms with Crippen molar-refractivity contribution in [1.29, 1.82) is 0 Å². The minimum absolute atomic E-state index is 0.0415. The fraction of sp³-hybridized carbons (Fsp3) is 0.333. The molecule has 6 heteroatoms. The number of carbonyl (C=O) groups excluding carboxylic acids is 1. The molecule has 0 saturated heterocycles. The molecule has 1 atom stereocenters. The van der Waals surface area contributed by atoms with Crippen LogP contribution in [-0.4, -0.2) is 24.2 Å². The van der Waals surface area contributed by atoms with Crippen LogP contribution in [0.3, 0.4) is 0 Å². The predicted octanol–water partition coefficient (Wildman–Crippen LogP) is 4.77.